The third-order valence-corrected chi connectivity index (χ3v) is 4.84. The van der Waals surface area contributed by atoms with Crippen molar-refractivity contribution in [1.82, 2.24) is 9.80 Å². The number of nitrogens with zero attached hydrogens (tertiary/aromatic N) is 2. The highest BCUT2D eigenvalue weighted by molar-refractivity contribution is 5.72. The van der Waals surface area contributed by atoms with Crippen LogP contribution in [-0.4, -0.2) is 42.5 Å². The quantitative estimate of drug-likeness (QED) is 0.853. The fourth-order valence-electron chi connectivity index (χ4n) is 3.89. The lowest BCUT2D eigenvalue weighted by Crippen LogP contribution is -2.61. The van der Waals surface area contributed by atoms with E-state index in [0.29, 0.717) is 6.04 Å². The normalized spacial score (nSPS) is 25.5. The van der Waals surface area contributed by atoms with Crippen LogP contribution in [0.4, 0.5) is 9.18 Å². The molecule has 2 fully saturated rings. The number of carbonyl (C=O) groups is 1. The van der Waals surface area contributed by atoms with Crippen LogP contribution < -0.4 is 5.73 Å². The molecule has 1 aromatic rings. The van der Waals surface area contributed by atoms with Gasteiger partial charge in [0.25, 0.3) is 0 Å². The maximum atomic E-state index is 13.1. The summed E-state index contributed by atoms with van der Waals surface area (Å²) < 4.78 is 13.1. The molecule has 1 unspecified atom stereocenters. The summed E-state index contributed by atoms with van der Waals surface area (Å²) in [5.74, 6) is -0.201. The molecule has 0 bridgehead atoms. The van der Waals surface area contributed by atoms with Crippen molar-refractivity contribution in [2.24, 2.45) is 11.1 Å². The number of rotatable bonds is 1. The van der Waals surface area contributed by atoms with E-state index in [4.69, 9.17) is 5.73 Å². The predicted octanol–water partition coefficient (Wildman–Crippen LogP) is 1.97. The van der Waals surface area contributed by atoms with E-state index in [1.165, 1.54) is 12.1 Å². The molecule has 0 aliphatic carbocycles. The molecule has 20 heavy (non-hydrogen) atoms. The summed E-state index contributed by atoms with van der Waals surface area (Å²) in [6, 6.07) is 6.78. The van der Waals surface area contributed by atoms with Gasteiger partial charge in [-0.05, 0) is 37.6 Å². The van der Waals surface area contributed by atoms with Gasteiger partial charge in [-0.2, -0.15) is 0 Å². The average Bonchev–Trinajstić information content (AvgIpc) is 2.41. The largest absolute Gasteiger partial charge is 0.351 e. The lowest BCUT2D eigenvalue weighted by Gasteiger charge is -2.59. The number of hydrogen-bond donors (Lipinski definition) is 1. The number of likely N-dealkylation sites (tertiary alicyclic amines) is 2. The van der Waals surface area contributed by atoms with Gasteiger partial charge in [-0.25, -0.2) is 9.18 Å². The average molecular weight is 277 g/mol. The van der Waals surface area contributed by atoms with Crippen molar-refractivity contribution in [2.75, 3.05) is 26.7 Å². The van der Waals surface area contributed by atoms with E-state index in [9.17, 15) is 9.18 Å². The van der Waals surface area contributed by atoms with E-state index in [1.54, 1.807) is 4.90 Å². The van der Waals surface area contributed by atoms with E-state index < -0.39 is 0 Å². The molecule has 0 radical (unpaired) electrons. The van der Waals surface area contributed by atoms with Crippen molar-refractivity contribution in [3.63, 3.8) is 0 Å². The third-order valence-electron chi connectivity index (χ3n) is 4.84. The molecule has 2 saturated heterocycles. The highest BCUT2D eigenvalue weighted by atomic mass is 19.1. The van der Waals surface area contributed by atoms with Crippen molar-refractivity contribution < 1.29 is 9.18 Å². The highest BCUT2D eigenvalue weighted by Gasteiger charge is 2.52. The van der Waals surface area contributed by atoms with E-state index in [-0.39, 0.29) is 17.3 Å². The lowest BCUT2D eigenvalue weighted by atomic mass is 9.63. The molecule has 0 aromatic heterocycles. The van der Waals surface area contributed by atoms with Gasteiger partial charge in [0.15, 0.2) is 0 Å². The Morgan fingerprint density at radius 3 is 2.40 bits per heavy atom. The molecular weight excluding hydrogens is 257 g/mol. The SMILES string of the molecule is CN1CC2(CCN(C(N)=O)CC2)C1c1ccc(F)cc1. The van der Waals surface area contributed by atoms with Crippen LogP contribution in [0.2, 0.25) is 0 Å². The molecule has 3 rings (SSSR count). The standard InChI is InChI=1S/C15H20FN3O/c1-18-10-15(6-8-19(9-7-15)14(17)20)13(18)11-2-4-12(16)5-3-11/h2-5,13H,6-10H2,1H3,(H2,17,20). The van der Waals surface area contributed by atoms with Gasteiger partial charge in [-0.1, -0.05) is 12.1 Å². The van der Waals surface area contributed by atoms with E-state index in [0.717, 1.165) is 38.0 Å². The number of amides is 2. The Hall–Kier alpha value is -1.62. The maximum absolute atomic E-state index is 13.1. The highest BCUT2D eigenvalue weighted by Crippen LogP contribution is 2.53. The minimum Gasteiger partial charge on any atom is -0.351 e. The number of piperidine rings is 1. The summed E-state index contributed by atoms with van der Waals surface area (Å²) in [5.41, 5.74) is 6.71. The number of benzene rings is 1. The summed E-state index contributed by atoms with van der Waals surface area (Å²) in [6.45, 7) is 2.48. The van der Waals surface area contributed by atoms with Gasteiger partial charge in [0.05, 0.1) is 0 Å². The van der Waals surface area contributed by atoms with Crippen LogP contribution in [0.15, 0.2) is 24.3 Å². The summed E-state index contributed by atoms with van der Waals surface area (Å²) in [4.78, 5) is 15.2. The van der Waals surface area contributed by atoms with Gasteiger partial charge < -0.3 is 10.6 Å². The number of carbonyl (C=O) groups excluding carboxylic acids is 1. The Labute approximate surface area is 118 Å². The predicted molar refractivity (Wildman–Crippen MR) is 74.6 cm³/mol. The zero-order valence-electron chi connectivity index (χ0n) is 11.7. The molecule has 2 N–H and O–H groups in total. The fraction of sp³-hybridized carbons (Fsp3) is 0.533. The van der Waals surface area contributed by atoms with Crippen molar-refractivity contribution in [3.05, 3.63) is 35.6 Å². The summed E-state index contributed by atoms with van der Waals surface area (Å²) in [6.07, 6.45) is 1.92. The Balaban J connectivity index is 1.78. The molecule has 2 aliphatic rings. The summed E-state index contributed by atoms with van der Waals surface area (Å²) in [5, 5.41) is 0. The van der Waals surface area contributed by atoms with E-state index >= 15 is 0 Å². The Morgan fingerprint density at radius 1 is 1.30 bits per heavy atom. The minimum absolute atomic E-state index is 0.201. The summed E-state index contributed by atoms with van der Waals surface area (Å²) >= 11 is 0. The van der Waals surface area contributed by atoms with Crippen LogP contribution in [0.5, 0.6) is 0 Å². The van der Waals surface area contributed by atoms with Crippen LogP contribution in [0.25, 0.3) is 0 Å². The second kappa shape index (κ2) is 4.74. The van der Waals surface area contributed by atoms with Gasteiger partial charge in [0, 0.05) is 31.1 Å². The van der Waals surface area contributed by atoms with Crippen molar-refractivity contribution in [3.8, 4) is 0 Å². The first-order valence-corrected chi connectivity index (χ1v) is 7.02. The van der Waals surface area contributed by atoms with Crippen LogP contribution in [0, 0.1) is 11.2 Å². The smallest absolute Gasteiger partial charge is 0.314 e. The van der Waals surface area contributed by atoms with Crippen LogP contribution >= 0.6 is 0 Å². The Morgan fingerprint density at radius 2 is 1.90 bits per heavy atom. The molecule has 2 aliphatic heterocycles. The molecule has 2 heterocycles. The maximum Gasteiger partial charge on any atom is 0.314 e. The van der Waals surface area contributed by atoms with Gasteiger partial charge in [0.1, 0.15) is 5.82 Å². The number of nitrogens with two attached hydrogens (primary N) is 1. The Kier molecular flexibility index (Phi) is 3.17. The zero-order valence-corrected chi connectivity index (χ0v) is 11.7. The van der Waals surface area contributed by atoms with Crippen molar-refractivity contribution in [1.29, 1.82) is 0 Å². The molecule has 2 amide bonds. The molecule has 1 atom stereocenters. The van der Waals surface area contributed by atoms with Gasteiger partial charge >= 0.3 is 6.03 Å². The first kappa shape index (κ1) is 13.4. The number of hydrogen-bond acceptors (Lipinski definition) is 2. The van der Waals surface area contributed by atoms with Gasteiger partial charge in [0.2, 0.25) is 0 Å². The van der Waals surface area contributed by atoms with Crippen molar-refractivity contribution >= 4 is 6.03 Å². The molecule has 5 heteroatoms. The Bertz CT molecular complexity index is 508. The molecular formula is C15H20FN3O. The van der Waals surface area contributed by atoms with Gasteiger partial charge in [-0.15, -0.1) is 0 Å². The van der Waals surface area contributed by atoms with Crippen LogP contribution in [0.3, 0.4) is 0 Å². The number of urea groups is 1. The molecule has 0 saturated carbocycles. The van der Waals surface area contributed by atoms with E-state index in [1.807, 2.05) is 12.1 Å². The third kappa shape index (κ3) is 2.06. The summed E-state index contributed by atoms with van der Waals surface area (Å²) in [7, 11) is 2.10. The van der Waals surface area contributed by atoms with Crippen molar-refractivity contribution in [2.45, 2.75) is 18.9 Å². The molecule has 1 aromatic carbocycles. The fourth-order valence-corrected chi connectivity index (χ4v) is 3.89. The first-order chi connectivity index (χ1) is 9.52. The lowest BCUT2D eigenvalue weighted by molar-refractivity contribution is -0.0917. The van der Waals surface area contributed by atoms with Crippen LogP contribution in [0.1, 0.15) is 24.4 Å². The zero-order chi connectivity index (χ0) is 14.3. The monoisotopic (exact) mass is 277 g/mol. The topological polar surface area (TPSA) is 49.6 Å². The van der Waals surface area contributed by atoms with Crippen LogP contribution in [-0.2, 0) is 0 Å². The number of halogens is 1. The second-order valence-electron chi connectivity index (χ2n) is 6.06. The second-order valence-corrected chi connectivity index (χ2v) is 6.06. The first-order valence-electron chi connectivity index (χ1n) is 7.02. The molecule has 108 valence electrons. The van der Waals surface area contributed by atoms with Gasteiger partial charge in [-0.3, -0.25) is 4.90 Å². The minimum atomic E-state index is -0.328. The number of primary amides is 1. The van der Waals surface area contributed by atoms with E-state index in [2.05, 4.69) is 11.9 Å². The molecule has 1 spiro atoms. The molecule has 4 nitrogen and oxygen atoms in total.